The fourth-order valence-electron chi connectivity index (χ4n) is 3.39. The van der Waals surface area contributed by atoms with E-state index in [2.05, 4.69) is 60.7 Å². The first-order valence-electron chi connectivity index (χ1n) is 7.89. The molecular weight excluding hydrogens is 316 g/mol. The number of hydrogen-bond donors (Lipinski definition) is 0. The zero-order valence-corrected chi connectivity index (χ0v) is 13.5. The van der Waals surface area contributed by atoms with E-state index in [-0.39, 0.29) is 0 Å². The van der Waals surface area contributed by atoms with Crippen LogP contribution in [0.25, 0.3) is 43.8 Å². The average molecular weight is 329 g/mol. The van der Waals surface area contributed by atoms with E-state index >= 15 is 0 Å². The molecule has 0 atom stereocenters. The van der Waals surface area contributed by atoms with E-state index in [1.807, 2.05) is 18.2 Å². The maximum absolute atomic E-state index is 6.13. The van der Waals surface area contributed by atoms with Gasteiger partial charge in [0.15, 0.2) is 0 Å². The molecule has 5 rings (SSSR count). The van der Waals surface area contributed by atoms with Crippen LogP contribution in [0.1, 0.15) is 0 Å². The van der Waals surface area contributed by atoms with Crippen molar-refractivity contribution in [1.29, 1.82) is 0 Å². The summed E-state index contributed by atoms with van der Waals surface area (Å²) in [6.45, 7) is 0. The Balaban J connectivity index is 1.79. The van der Waals surface area contributed by atoms with Gasteiger partial charge in [0.2, 0.25) is 0 Å². The first kappa shape index (κ1) is 13.6. The summed E-state index contributed by atoms with van der Waals surface area (Å²) in [6, 6.07) is 27.0. The SMILES string of the molecule is Clc1ccc2oc3cc(-c4cccc5ccccc45)ccc3c2c1. The second kappa shape index (κ2) is 5.12. The Hall–Kier alpha value is -2.77. The molecular formula is C22H13ClO. The normalized spacial score (nSPS) is 11.5. The molecule has 0 bridgehead atoms. The standard InChI is InChI=1S/C22H13ClO/c23-16-9-11-21-20(13-16)19-10-8-15(12-22(19)24-21)18-7-3-5-14-4-1-2-6-17(14)18/h1-13H. The van der Waals surface area contributed by atoms with Gasteiger partial charge in [-0.25, -0.2) is 0 Å². The van der Waals surface area contributed by atoms with E-state index in [1.54, 1.807) is 0 Å². The van der Waals surface area contributed by atoms with Gasteiger partial charge < -0.3 is 4.42 Å². The van der Waals surface area contributed by atoms with E-state index in [4.69, 9.17) is 16.0 Å². The number of fused-ring (bicyclic) bond motifs is 4. The van der Waals surface area contributed by atoms with Crippen molar-refractivity contribution in [2.75, 3.05) is 0 Å². The predicted octanol–water partition coefficient (Wildman–Crippen LogP) is 7.06. The van der Waals surface area contributed by atoms with Crippen LogP contribution in [0.15, 0.2) is 83.3 Å². The molecule has 0 aliphatic heterocycles. The molecule has 0 saturated carbocycles. The minimum Gasteiger partial charge on any atom is -0.456 e. The summed E-state index contributed by atoms with van der Waals surface area (Å²) < 4.78 is 6.02. The quantitative estimate of drug-likeness (QED) is 0.321. The van der Waals surface area contributed by atoms with Gasteiger partial charge in [0.05, 0.1) is 0 Å². The highest BCUT2D eigenvalue weighted by molar-refractivity contribution is 6.31. The molecule has 5 aromatic rings. The van der Waals surface area contributed by atoms with Crippen molar-refractivity contribution in [3.8, 4) is 11.1 Å². The lowest BCUT2D eigenvalue weighted by molar-refractivity contribution is 0.669. The minimum absolute atomic E-state index is 0.725. The Morgan fingerprint density at radius 2 is 1.50 bits per heavy atom. The molecule has 114 valence electrons. The highest BCUT2D eigenvalue weighted by Crippen LogP contribution is 2.35. The molecule has 0 aliphatic rings. The largest absolute Gasteiger partial charge is 0.456 e. The second-order valence-corrected chi connectivity index (χ2v) is 6.42. The van der Waals surface area contributed by atoms with Crippen molar-refractivity contribution in [3.63, 3.8) is 0 Å². The number of halogens is 1. The van der Waals surface area contributed by atoms with Gasteiger partial charge in [0.25, 0.3) is 0 Å². The van der Waals surface area contributed by atoms with Crippen LogP contribution in [0.3, 0.4) is 0 Å². The lowest BCUT2D eigenvalue weighted by atomic mass is 9.97. The van der Waals surface area contributed by atoms with Crippen molar-refractivity contribution in [2.24, 2.45) is 0 Å². The third kappa shape index (κ3) is 2.02. The number of furan rings is 1. The van der Waals surface area contributed by atoms with E-state index in [0.29, 0.717) is 0 Å². The number of rotatable bonds is 1. The van der Waals surface area contributed by atoms with Crippen LogP contribution in [0.5, 0.6) is 0 Å². The molecule has 1 aromatic heterocycles. The molecule has 2 heteroatoms. The number of hydrogen-bond acceptors (Lipinski definition) is 1. The van der Waals surface area contributed by atoms with E-state index < -0.39 is 0 Å². The molecule has 1 nitrogen and oxygen atoms in total. The van der Waals surface area contributed by atoms with E-state index in [0.717, 1.165) is 32.5 Å². The van der Waals surface area contributed by atoms with Gasteiger partial charge in [-0.3, -0.25) is 0 Å². The summed E-state index contributed by atoms with van der Waals surface area (Å²) in [6.07, 6.45) is 0. The average Bonchev–Trinajstić information content (AvgIpc) is 2.98. The summed E-state index contributed by atoms with van der Waals surface area (Å²) in [5, 5.41) is 5.37. The van der Waals surface area contributed by atoms with Crippen molar-refractivity contribution < 1.29 is 4.42 Å². The van der Waals surface area contributed by atoms with Crippen LogP contribution in [0.4, 0.5) is 0 Å². The van der Waals surface area contributed by atoms with Crippen molar-refractivity contribution in [1.82, 2.24) is 0 Å². The maximum atomic E-state index is 6.13. The van der Waals surface area contributed by atoms with Crippen molar-refractivity contribution in [2.45, 2.75) is 0 Å². The highest BCUT2D eigenvalue weighted by atomic mass is 35.5. The zero-order chi connectivity index (χ0) is 16.1. The van der Waals surface area contributed by atoms with Crippen LogP contribution in [0.2, 0.25) is 5.02 Å². The fraction of sp³-hybridized carbons (Fsp3) is 0. The molecule has 0 spiro atoms. The molecule has 0 fully saturated rings. The molecule has 24 heavy (non-hydrogen) atoms. The minimum atomic E-state index is 0.725. The van der Waals surface area contributed by atoms with Crippen LogP contribution in [0, 0.1) is 0 Å². The second-order valence-electron chi connectivity index (χ2n) is 5.98. The van der Waals surface area contributed by atoms with E-state index in [1.165, 1.54) is 16.3 Å². The van der Waals surface area contributed by atoms with Gasteiger partial charge in [-0.05, 0) is 52.2 Å². The molecule has 0 unspecified atom stereocenters. The van der Waals surface area contributed by atoms with E-state index in [9.17, 15) is 0 Å². The van der Waals surface area contributed by atoms with Gasteiger partial charge in [-0.15, -0.1) is 0 Å². The Labute approximate surface area is 144 Å². The fourth-order valence-corrected chi connectivity index (χ4v) is 3.57. The summed E-state index contributed by atoms with van der Waals surface area (Å²) in [5.74, 6) is 0. The number of benzene rings is 4. The molecule has 0 N–H and O–H groups in total. The van der Waals surface area contributed by atoms with Crippen molar-refractivity contribution >= 4 is 44.3 Å². The zero-order valence-electron chi connectivity index (χ0n) is 12.8. The first-order chi connectivity index (χ1) is 11.8. The predicted molar refractivity (Wildman–Crippen MR) is 102 cm³/mol. The summed E-state index contributed by atoms with van der Waals surface area (Å²) >= 11 is 6.13. The van der Waals surface area contributed by atoms with Gasteiger partial charge in [0.1, 0.15) is 11.2 Å². The Morgan fingerprint density at radius 1 is 0.625 bits per heavy atom. The lowest BCUT2D eigenvalue weighted by Crippen LogP contribution is -1.81. The Kier molecular flexibility index (Phi) is 2.91. The van der Waals surface area contributed by atoms with Crippen LogP contribution in [-0.2, 0) is 0 Å². The van der Waals surface area contributed by atoms with Gasteiger partial charge in [-0.2, -0.15) is 0 Å². The Morgan fingerprint density at radius 3 is 2.46 bits per heavy atom. The maximum Gasteiger partial charge on any atom is 0.136 e. The molecule has 0 saturated heterocycles. The molecule has 1 heterocycles. The summed E-state index contributed by atoms with van der Waals surface area (Å²) in [7, 11) is 0. The monoisotopic (exact) mass is 328 g/mol. The topological polar surface area (TPSA) is 13.1 Å². The van der Waals surface area contributed by atoms with Crippen LogP contribution >= 0.6 is 11.6 Å². The van der Waals surface area contributed by atoms with Crippen molar-refractivity contribution in [3.05, 3.63) is 83.9 Å². The highest BCUT2D eigenvalue weighted by Gasteiger charge is 2.10. The first-order valence-corrected chi connectivity index (χ1v) is 8.27. The summed E-state index contributed by atoms with van der Waals surface area (Å²) in [5.41, 5.74) is 4.13. The lowest BCUT2D eigenvalue weighted by Gasteiger charge is -2.06. The molecule has 4 aromatic carbocycles. The molecule has 0 amide bonds. The molecule has 0 aliphatic carbocycles. The third-order valence-corrected chi connectivity index (χ3v) is 4.77. The third-order valence-electron chi connectivity index (χ3n) is 4.53. The smallest absolute Gasteiger partial charge is 0.136 e. The van der Waals surface area contributed by atoms with Crippen LogP contribution < -0.4 is 0 Å². The molecule has 0 radical (unpaired) electrons. The van der Waals surface area contributed by atoms with Crippen LogP contribution in [-0.4, -0.2) is 0 Å². The summed E-state index contributed by atoms with van der Waals surface area (Å²) in [4.78, 5) is 0. The van der Waals surface area contributed by atoms with Gasteiger partial charge in [-0.1, -0.05) is 60.1 Å². The van der Waals surface area contributed by atoms with Gasteiger partial charge in [0, 0.05) is 15.8 Å². The van der Waals surface area contributed by atoms with Gasteiger partial charge >= 0.3 is 0 Å². The Bertz CT molecular complexity index is 1210.